The Bertz CT molecular complexity index is 512. The van der Waals surface area contributed by atoms with Crippen LogP contribution >= 0.6 is 0 Å². The fourth-order valence-electron chi connectivity index (χ4n) is 2.46. The van der Waals surface area contributed by atoms with Gasteiger partial charge in [0, 0.05) is 25.9 Å². The van der Waals surface area contributed by atoms with E-state index in [2.05, 4.69) is 0 Å². The first kappa shape index (κ1) is 21.1. The standard InChI is InChI=1S/C16H24F4O3Si/c1-4-21-24(22-5-2,23-6-3)10-8-7-9-12-11-13(17)15(19)16(20)14(12)18/h11H,4-10H2,1-3H3. The van der Waals surface area contributed by atoms with Crippen LogP contribution in [0.25, 0.3) is 0 Å². The minimum Gasteiger partial charge on any atom is -0.374 e. The molecule has 0 saturated carbocycles. The van der Waals surface area contributed by atoms with Crippen LogP contribution in [-0.2, 0) is 19.7 Å². The third kappa shape index (κ3) is 5.54. The maximum absolute atomic E-state index is 13.6. The molecule has 0 aliphatic rings. The number of benzene rings is 1. The minimum absolute atomic E-state index is 0.0921. The third-order valence-corrected chi connectivity index (χ3v) is 6.60. The molecule has 24 heavy (non-hydrogen) atoms. The Morgan fingerprint density at radius 1 is 0.792 bits per heavy atom. The van der Waals surface area contributed by atoms with Gasteiger partial charge in [-0.05, 0) is 51.7 Å². The van der Waals surface area contributed by atoms with E-state index in [9.17, 15) is 17.6 Å². The molecule has 1 aromatic carbocycles. The molecule has 1 aromatic rings. The number of aryl methyl sites for hydroxylation is 1. The normalized spacial score (nSPS) is 12.0. The summed E-state index contributed by atoms with van der Waals surface area (Å²) in [6, 6.07) is 1.22. The van der Waals surface area contributed by atoms with Crippen LogP contribution in [0, 0.1) is 23.3 Å². The lowest BCUT2D eigenvalue weighted by atomic mass is 10.1. The van der Waals surface area contributed by atoms with Crippen LogP contribution in [0.1, 0.15) is 39.2 Å². The number of unbranched alkanes of at least 4 members (excludes halogenated alkanes) is 1. The van der Waals surface area contributed by atoms with Crippen LogP contribution in [0.2, 0.25) is 6.04 Å². The summed E-state index contributed by atoms with van der Waals surface area (Å²) in [7, 11) is -2.78. The fraction of sp³-hybridized carbons (Fsp3) is 0.625. The first-order valence-electron chi connectivity index (χ1n) is 8.14. The predicted octanol–water partition coefficient (Wildman–Crippen LogP) is 4.61. The Morgan fingerprint density at radius 3 is 1.83 bits per heavy atom. The van der Waals surface area contributed by atoms with Crippen molar-refractivity contribution in [1.82, 2.24) is 0 Å². The van der Waals surface area contributed by atoms with E-state index >= 15 is 0 Å². The molecule has 0 heterocycles. The van der Waals surface area contributed by atoms with Gasteiger partial charge in [-0.3, -0.25) is 0 Å². The van der Waals surface area contributed by atoms with E-state index in [1.165, 1.54) is 0 Å². The smallest absolute Gasteiger partial charge is 0.374 e. The van der Waals surface area contributed by atoms with Crippen LogP contribution < -0.4 is 0 Å². The Hall–Kier alpha value is -0.963. The maximum atomic E-state index is 13.6. The molecule has 0 spiro atoms. The van der Waals surface area contributed by atoms with E-state index in [0.717, 1.165) is 0 Å². The summed E-state index contributed by atoms with van der Waals surface area (Å²) in [5.41, 5.74) is -0.178. The third-order valence-electron chi connectivity index (χ3n) is 3.45. The van der Waals surface area contributed by atoms with Crippen LogP contribution in [0.15, 0.2) is 6.07 Å². The lowest BCUT2D eigenvalue weighted by Crippen LogP contribution is -2.45. The SMILES string of the molecule is CCO[Si](CCCCc1cc(F)c(F)c(F)c1F)(OCC)OCC. The molecule has 138 valence electrons. The van der Waals surface area contributed by atoms with Crippen molar-refractivity contribution in [3.63, 3.8) is 0 Å². The summed E-state index contributed by atoms with van der Waals surface area (Å²) in [5, 5.41) is 0. The van der Waals surface area contributed by atoms with Crippen molar-refractivity contribution in [2.75, 3.05) is 19.8 Å². The molecule has 1 rings (SSSR count). The van der Waals surface area contributed by atoms with Gasteiger partial charge in [0.1, 0.15) is 0 Å². The van der Waals surface area contributed by atoms with Gasteiger partial charge < -0.3 is 13.3 Å². The fourth-order valence-corrected chi connectivity index (χ4v) is 5.15. The average Bonchev–Trinajstić information content (AvgIpc) is 2.55. The van der Waals surface area contributed by atoms with E-state index in [-0.39, 0.29) is 12.0 Å². The zero-order chi connectivity index (χ0) is 18.2. The predicted molar refractivity (Wildman–Crippen MR) is 84.7 cm³/mol. The van der Waals surface area contributed by atoms with Gasteiger partial charge in [0.15, 0.2) is 23.3 Å². The van der Waals surface area contributed by atoms with Gasteiger partial charge in [-0.1, -0.05) is 0 Å². The van der Waals surface area contributed by atoms with E-state index in [1.54, 1.807) is 0 Å². The molecule has 0 amide bonds. The second-order valence-electron chi connectivity index (χ2n) is 5.15. The zero-order valence-electron chi connectivity index (χ0n) is 14.3. The van der Waals surface area contributed by atoms with Gasteiger partial charge in [0.2, 0.25) is 0 Å². The van der Waals surface area contributed by atoms with Gasteiger partial charge in [-0.2, -0.15) is 0 Å². The molecule has 0 aromatic heterocycles. The van der Waals surface area contributed by atoms with E-state index in [0.29, 0.717) is 44.8 Å². The Kier molecular flexibility index (Phi) is 8.89. The Labute approximate surface area is 141 Å². The molecule has 0 unspecified atom stereocenters. The molecule has 8 heteroatoms. The number of hydrogen-bond donors (Lipinski definition) is 0. The summed E-state index contributed by atoms with van der Waals surface area (Å²) < 4.78 is 70.0. The number of rotatable bonds is 11. The van der Waals surface area contributed by atoms with Crippen LogP contribution in [0.3, 0.4) is 0 Å². The highest BCUT2D eigenvalue weighted by atomic mass is 28.4. The highest BCUT2D eigenvalue weighted by Gasteiger charge is 2.39. The summed E-state index contributed by atoms with van der Waals surface area (Å²) in [6.45, 7) is 6.90. The molecule has 0 aliphatic heterocycles. The van der Waals surface area contributed by atoms with E-state index in [1.807, 2.05) is 20.8 Å². The Morgan fingerprint density at radius 2 is 1.33 bits per heavy atom. The maximum Gasteiger partial charge on any atom is 0.500 e. The molecule has 0 atom stereocenters. The topological polar surface area (TPSA) is 27.7 Å². The van der Waals surface area contributed by atoms with Crippen LogP contribution in [-0.4, -0.2) is 28.6 Å². The van der Waals surface area contributed by atoms with E-state index < -0.39 is 32.1 Å². The Balaban J connectivity index is 2.66. The van der Waals surface area contributed by atoms with Crippen molar-refractivity contribution in [3.8, 4) is 0 Å². The molecule has 0 aliphatic carbocycles. The van der Waals surface area contributed by atoms with Gasteiger partial charge in [0.25, 0.3) is 0 Å². The quantitative estimate of drug-likeness (QED) is 0.188. The zero-order valence-corrected chi connectivity index (χ0v) is 15.3. The highest BCUT2D eigenvalue weighted by Crippen LogP contribution is 2.23. The van der Waals surface area contributed by atoms with Crippen molar-refractivity contribution in [2.24, 2.45) is 0 Å². The van der Waals surface area contributed by atoms with Crippen molar-refractivity contribution in [1.29, 1.82) is 0 Å². The summed E-state index contributed by atoms with van der Waals surface area (Å²) in [5.74, 6) is -6.28. The summed E-state index contributed by atoms with van der Waals surface area (Å²) in [6.07, 6.45) is 1.12. The molecule has 3 nitrogen and oxygen atoms in total. The minimum atomic E-state index is -2.78. The largest absolute Gasteiger partial charge is 0.500 e. The summed E-state index contributed by atoms with van der Waals surface area (Å²) >= 11 is 0. The monoisotopic (exact) mass is 368 g/mol. The summed E-state index contributed by atoms with van der Waals surface area (Å²) in [4.78, 5) is 0. The number of halogens is 4. The molecule has 0 radical (unpaired) electrons. The number of hydrogen-bond acceptors (Lipinski definition) is 3. The van der Waals surface area contributed by atoms with Crippen LogP contribution in [0.5, 0.6) is 0 Å². The van der Waals surface area contributed by atoms with Crippen molar-refractivity contribution in [2.45, 2.75) is 46.1 Å². The average molecular weight is 368 g/mol. The molecule has 0 bridgehead atoms. The van der Waals surface area contributed by atoms with Crippen molar-refractivity contribution < 1.29 is 30.8 Å². The molecule has 0 N–H and O–H groups in total. The lowest BCUT2D eigenvalue weighted by molar-refractivity contribution is 0.0707. The van der Waals surface area contributed by atoms with Gasteiger partial charge >= 0.3 is 8.80 Å². The van der Waals surface area contributed by atoms with Crippen LogP contribution in [0.4, 0.5) is 17.6 Å². The molecule has 0 fully saturated rings. The lowest BCUT2D eigenvalue weighted by Gasteiger charge is -2.28. The van der Waals surface area contributed by atoms with Gasteiger partial charge in [0.05, 0.1) is 0 Å². The first-order valence-corrected chi connectivity index (χ1v) is 10.1. The van der Waals surface area contributed by atoms with E-state index in [4.69, 9.17) is 13.3 Å². The second-order valence-corrected chi connectivity index (χ2v) is 7.88. The first-order chi connectivity index (χ1) is 11.4. The second kappa shape index (κ2) is 10.1. The molecular formula is C16H24F4O3Si. The molecule has 0 saturated heterocycles. The van der Waals surface area contributed by atoms with Crippen molar-refractivity contribution >= 4 is 8.80 Å². The van der Waals surface area contributed by atoms with Crippen molar-refractivity contribution in [3.05, 3.63) is 34.9 Å². The molecular weight excluding hydrogens is 344 g/mol. The highest BCUT2D eigenvalue weighted by molar-refractivity contribution is 6.60. The van der Waals surface area contributed by atoms with Gasteiger partial charge in [-0.15, -0.1) is 0 Å². The van der Waals surface area contributed by atoms with Gasteiger partial charge in [-0.25, -0.2) is 17.6 Å².